The molecule has 0 saturated heterocycles. The largest absolute Gasteiger partial charge is 0.378 e. The van der Waals surface area contributed by atoms with Gasteiger partial charge in [-0.3, -0.25) is 14.3 Å². The molecular formula is C9H14N4O3S. The van der Waals surface area contributed by atoms with Gasteiger partial charge in [-0.15, -0.1) is 0 Å². The van der Waals surface area contributed by atoms with Crippen molar-refractivity contribution < 1.29 is 9.13 Å². The first-order chi connectivity index (χ1) is 7.91. The molecule has 1 rings (SSSR count). The number of anilines is 2. The third kappa shape index (κ3) is 3.66. The fraction of sp³-hybridized carbons (Fsp3) is 0.444. The Kier molecular flexibility index (Phi) is 4.38. The first-order valence-electron chi connectivity index (χ1n) is 4.89. The number of rotatable bonds is 5. The van der Waals surface area contributed by atoms with E-state index in [1.54, 1.807) is 6.26 Å². The van der Waals surface area contributed by atoms with Crippen LogP contribution in [0, 0.1) is 10.1 Å². The van der Waals surface area contributed by atoms with Crippen LogP contribution < -0.4 is 11.1 Å². The van der Waals surface area contributed by atoms with Crippen LogP contribution in [0.5, 0.6) is 0 Å². The van der Waals surface area contributed by atoms with Gasteiger partial charge >= 0.3 is 5.69 Å². The summed E-state index contributed by atoms with van der Waals surface area (Å²) in [5.41, 5.74) is 5.22. The number of hydrogen-bond donors (Lipinski definition) is 2. The predicted molar refractivity (Wildman–Crippen MR) is 67.3 cm³/mol. The minimum atomic E-state index is -0.931. The maximum absolute atomic E-state index is 11.1. The summed E-state index contributed by atoms with van der Waals surface area (Å²) in [6, 6.07) is 2.76. The Bertz CT molecular complexity index is 452. The fourth-order valence-electron chi connectivity index (χ4n) is 1.09. The van der Waals surface area contributed by atoms with E-state index in [0.29, 0.717) is 12.4 Å². The molecule has 1 aromatic heterocycles. The summed E-state index contributed by atoms with van der Waals surface area (Å²) in [4.78, 5) is 13.8. The minimum Gasteiger partial charge on any atom is -0.378 e. The highest BCUT2D eigenvalue weighted by Crippen LogP contribution is 2.20. The number of nitro groups is 1. The normalized spacial score (nSPS) is 14.0. The molecule has 0 aliphatic heterocycles. The zero-order chi connectivity index (χ0) is 13.0. The number of pyridine rings is 1. The molecule has 0 bridgehead atoms. The van der Waals surface area contributed by atoms with Gasteiger partial charge in [0.25, 0.3) is 0 Å². The van der Waals surface area contributed by atoms with Crippen LogP contribution in [0.3, 0.4) is 0 Å². The summed E-state index contributed by atoms with van der Waals surface area (Å²) in [5, 5.41) is 13.4. The van der Waals surface area contributed by atoms with E-state index in [2.05, 4.69) is 10.3 Å². The molecule has 0 saturated carbocycles. The van der Waals surface area contributed by atoms with Gasteiger partial charge in [0, 0.05) is 34.9 Å². The van der Waals surface area contributed by atoms with Crippen molar-refractivity contribution in [3.05, 3.63) is 22.2 Å². The number of hydrogen-bond acceptors (Lipinski definition) is 6. The second-order valence-electron chi connectivity index (χ2n) is 3.55. The van der Waals surface area contributed by atoms with Gasteiger partial charge in [-0.05, 0) is 13.0 Å². The SMILES string of the molecule is CC(CNc1ccc([N+](=O)[O-])c(N)n1)S(C)=O. The third-order valence-electron chi connectivity index (χ3n) is 2.24. The van der Waals surface area contributed by atoms with Crippen molar-refractivity contribution in [2.75, 3.05) is 23.9 Å². The van der Waals surface area contributed by atoms with E-state index >= 15 is 0 Å². The molecular weight excluding hydrogens is 244 g/mol. The molecule has 0 fully saturated rings. The Morgan fingerprint density at radius 1 is 1.65 bits per heavy atom. The number of nitrogens with two attached hydrogens (primary N) is 1. The number of nitrogen functional groups attached to an aromatic ring is 1. The van der Waals surface area contributed by atoms with Crippen LogP contribution in [0.4, 0.5) is 17.3 Å². The second kappa shape index (κ2) is 5.58. The fourth-order valence-corrected chi connectivity index (χ4v) is 1.40. The third-order valence-corrected chi connectivity index (χ3v) is 3.54. The lowest BCUT2D eigenvalue weighted by molar-refractivity contribution is -0.384. The quantitative estimate of drug-likeness (QED) is 0.595. The number of aromatic nitrogens is 1. The van der Waals surface area contributed by atoms with E-state index in [-0.39, 0.29) is 16.8 Å². The molecule has 0 aliphatic rings. The Labute approximate surface area is 101 Å². The topological polar surface area (TPSA) is 111 Å². The second-order valence-corrected chi connectivity index (χ2v) is 5.35. The van der Waals surface area contributed by atoms with Crippen molar-refractivity contribution in [1.82, 2.24) is 4.98 Å². The van der Waals surface area contributed by atoms with Crippen LogP contribution in [0.25, 0.3) is 0 Å². The summed E-state index contributed by atoms with van der Waals surface area (Å²) in [6.07, 6.45) is 1.62. The van der Waals surface area contributed by atoms with Gasteiger partial charge in [-0.1, -0.05) is 0 Å². The van der Waals surface area contributed by atoms with E-state index in [4.69, 9.17) is 5.73 Å². The molecule has 1 aromatic rings. The minimum absolute atomic E-state index is 0.0341. The smallest absolute Gasteiger partial charge is 0.311 e. The monoisotopic (exact) mass is 258 g/mol. The highest BCUT2D eigenvalue weighted by Gasteiger charge is 2.13. The Hall–Kier alpha value is -1.70. The van der Waals surface area contributed by atoms with Gasteiger partial charge in [0.15, 0.2) is 0 Å². The number of nitrogens with one attached hydrogen (secondary N) is 1. The average molecular weight is 258 g/mol. The zero-order valence-electron chi connectivity index (χ0n) is 9.54. The van der Waals surface area contributed by atoms with Crippen molar-refractivity contribution in [2.45, 2.75) is 12.2 Å². The standard InChI is InChI=1S/C9H14N4O3S/c1-6(17(2)16)5-11-8-4-3-7(13(14)15)9(10)12-8/h3-4,6H,5H2,1-2H3,(H3,10,11,12). The Morgan fingerprint density at radius 3 is 2.76 bits per heavy atom. The lowest BCUT2D eigenvalue weighted by Gasteiger charge is -2.10. The summed E-state index contributed by atoms with van der Waals surface area (Å²) in [7, 11) is -0.931. The van der Waals surface area contributed by atoms with Crippen LogP contribution in [0.15, 0.2) is 12.1 Å². The van der Waals surface area contributed by atoms with Crippen LogP contribution in [-0.4, -0.2) is 32.2 Å². The maximum atomic E-state index is 11.1. The van der Waals surface area contributed by atoms with Crippen molar-refractivity contribution in [1.29, 1.82) is 0 Å². The molecule has 8 heteroatoms. The predicted octanol–water partition coefficient (Wildman–Crippen LogP) is 0.751. The molecule has 3 N–H and O–H groups in total. The van der Waals surface area contributed by atoms with Gasteiger partial charge in [0.05, 0.1) is 4.92 Å². The molecule has 0 radical (unpaired) electrons. The van der Waals surface area contributed by atoms with Gasteiger partial charge in [-0.2, -0.15) is 0 Å². The first kappa shape index (κ1) is 13.4. The highest BCUT2D eigenvalue weighted by atomic mass is 32.2. The molecule has 0 spiro atoms. The summed E-state index contributed by atoms with van der Waals surface area (Å²) < 4.78 is 11.1. The molecule has 2 atom stereocenters. The summed E-state index contributed by atoms with van der Waals surface area (Å²) in [6.45, 7) is 2.30. The van der Waals surface area contributed by atoms with Crippen LogP contribution >= 0.6 is 0 Å². The molecule has 0 aliphatic carbocycles. The molecule has 94 valence electrons. The summed E-state index contributed by atoms with van der Waals surface area (Å²) in [5.74, 6) is 0.302. The molecule has 1 heterocycles. The number of nitrogens with zero attached hydrogens (tertiary/aromatic N) is 2. The van der Waals surface area contributed by atoms with E-state index < -0.39 is 15.7 Å². The maximum Gasteiger partial charge on any atom is 0.311 e. The Morgan fingerprint density at radius 2 is 2.29 bits per heavy atom. The average Bonchev–Trinajstić information content (AvgIpc) is 2.25. The van der Waals surface area contributed by atoms with E-state index in [1.165, 1.54) is 12.1 Å². The first-order valence-corrected chi connectivity index (χ1v) is 6.51. The lowest BCUT2D eigenvalue weighted by atomic mass is 10.3. The van der Waals surface area contributed by atoms with Crippen molar-refractivity contribution in [3.63, 3.8) is 0 Å². The van der Waals surface area contributed by atoms with Crippen LogP contribution in [0.2, 0.25) is 0 Å². The molecule has 0 amide bonds. The molecule has 2 unspecified atom stereocenters. The van der Waals surface area contributed by atoms with Crippen LogP contribution in [-0.2, 0) is 10.8 Å². The molecule has 7 nitrogen and oxygen atoms in total. The van der Waals surface area contributed by atoms with Gasteiger partial charge < -0.3 is 11.1 Å². The van der Waals surface area contributed by atoms with Gasteiger partial charge in [0.1, 0.15) is 5.82 Å². The van der Waals surface area contributed by atoms with Crippen molar-refractivity contribution in [2.24, 2.45) is 0 Å². The summed E-state index contributed by atoms with van der Waals surface area (Å²) >= 11 is 0. The Balaban J connectivity index is 2.71. The van der Waals surface area contributed by atoms with Gasteiger partial charge in [-0.25, -0.2) is 4.98 Å². The van der Waals surface area contributed by atoms with Crippen LogP contribution in [0.1, 0.15) is 6.92 Å². The van der Waals surface area contributed by atoms with Crippen molar-refractivity contribution in [3.8, 4) is 0 Å². The van der Waals surface area contributed by atoms with E-state index in [9.17, 15) is 14.3 Å². The van der Waals surface area contributed by atoms with Crippen molar-refractivity contribution >= 4 is 28.1 Å². The zero-order valence-corrected chi connectivity index (χ0v) is 10.4. The van der Waals surface area contributed by atoms with E-state index in [0.717, 1.165) is 0 Å². The highest BCUT2D eigenvalue weighted by molar-refractivity contribution is 7.84. The van der Waals surface area contributed by atoms with E-state index in [1.807, 2.05) is 6.92 Å². The lowest BCUT2D eigenvalue weighted by Crippen LogP contribution is -2.21. The van der Waals surface area contributed by atoms with Gasteiger partial charge in [0.2, 0.25) is 5.82 Å². The molecule has 17 heavy (non-hydrogen) atoms. The molecule has 0 aromatic carbocycles.